The summed E-state index contributed by atoms with van der Waals surface area (Å²) < 4.78 is 53.3. The first-order valence-electron chi connectivity index (χ1n) is 18.3. The van der Waals surface area contributed by atoms with Gasteiger partial charge in [0.1, 0.15) is 0 Å². The molecule has 48 heavy (non-hydrogen) atoms. The molecule has 2 spiro atoms. The van der Waals surface area contributed by atoms with Gasteiger partial charge in [0.15, 0.2) is 19.7 Å². The lowest BCUT2D eigenvalue weighted by Gasteiger charge is -2.40. The zero-order valence-electron chi connectivity index (χ0n) is 28.7. The maximum atomic E-state index is 13.5. The summed E-state index contributed by atoms with van der Waals surface area (Å²) in [5.74, 6) is 2.95. The van der Waals surface area contributed by atoms with E-state index in [9.17, 15) is 16.8 Å². The van der Waals surface area contributed by atoms with Crippen LogP contribution in [-0.4, -0.2) is 27.3 Å². The summed E-state index contributed by atoms with van der Waals surface area (Å²) in [5.41, 5.74) is 9.31. The second kappa shape index (κ2) is 10.4. The topological polar surface area (TPSA) is 68.3 Å². The van der Waals surface area contributed by atoms with Gasteiger partial charge in [-0.3, -0.25) is 0 Å². The van der Waals surface area contributed by atoms with Crippen molar-refractivity contribution in [3.63, 3.8) is 0 Å². The predicted molar refractivity (Wildman–Crippen MR) is 190 cm³/mol. The van der Waals surface area contributed by atoms with Crippen LogP contribution in [0.1, 0.15) is 79.1 Å². The third-order valence-corrected chi connectivity index (χ3v) is 18.9. The van der Waals surface area contributed by atoms with Gasteiger partial charge in [-0.05, 0) is 127 Å². The molecule has 2 aromatic carbocycles. The molecule has 8 aliphatic carbocycles. The van der Waals surface area contributed by atoms with Gasteiger partial charge in [0.05, 0.1) is 20.3 Å². The van der Waals surface area contributed by atoms with Gasteiger partial charge >= 0.3 is 0 Å². The molecule has 0 N–H and O–H groups in total. The number of fused-ring (bicyclic) bond motifs is 8. The van der Waals surface area contributed by atoms with Crippen molar-refractivity contribution >= 4 is 19.7 Å². The molecular weight excluding hydrogens is 633 g/mol. The van der Waals surface area contributed by atoms with Crippen LogP contribution in [0.2, 0.25) is 0 Å². The average molecular weight is 681 g/mol. The molecule has 0 aromatic heterocycles. The van der Waals surface area contributed by atoms with Crippen molar-refractivity contribution in [3.05, 3.63) is 106 Å². The van der Waals surface area contributed by atoms with Crippen LogP contribution in [0.15, 0.2) is 116 Å². The van der Waals surface area contributed by atoms with E-state index in [4.69, 9.17) is 0 Å². The molecule has 0 amide bonds. The Morgan fingerprint density at radius 2 is 1.19 bits per heavy atom. The fraction of sp³-hybridized carbons (Fsp3) is 0.524. The largest absolute Gasteiger partial charge is 0.223 e. The van der Waals surface area contributed by atoms with Gasteiger partial charge in [0.2, 0.25) is 0 Å². The fourth-order valence-corrected chi connectivity index (χ4v) is 17.5. The van der Waals surface area contributed by atoms with Crippen LogP contribution in [-0.2, 0) is 19.7 Å². The molecule has 8 bridgehead atoms. The molecule has 8 aliphatic rings. The molecule has 6 saturated carbocycles. The molecule has 0 radical (unpaired) electrons. The number of sulfone groups is 2. The molecule has 10 atom stereocenters. The summed E-state index contributed by atoms with van der Waals surface area (Å²) in [6.45, 7) is 8.91. The second-order valence-corrected chi connectivity index (χ2v) is 21.0. The zero-order valence-corrected chi connectivity index (χ0v) is 30.3. The quantitative estimate of drug-likeness (QED) is 0.302. The monoisotopic (exact) mass is 680 g/mol. The van der Waals surface area contributed by atoms with E-state index in [-0.39, 0.29) is 27.2 Å². The lowest BCUT2D eigenvalue weighted by Crippen LogP contribution is -2.42. The molecule has 10 rings (SSSR count). The Morgan fingerprint density at radius 1 is 0.625 bits per heavy atom. The van der Waals surface area contributed by atoms with Crippen LogP contribution in [0.3, 0.4) is 0 Å². The van der Waals surface area contributed by atoms with Crippen molar-refractivity contribution in [1.82, 2.24) is 0 Å². The van der Waals surface area contributed by atoms with E-state index in [1.54, 1.807) is 41.0 Å². The van der Waals surface area contributed by atoms with Gasteiger partial charge in [0, 0.05) is 22.7 Å². The highest BCUT2D eigenvalue weighted by molar-refractivity contribution is 7.92. The van der Waals surface area contributed by atoms with E-state index in [0.29, 0.717) is 39.4 Å². The van der Waals surface area contributed by atoms with Gasteiger partial charge in [-0.2, -0.15) is 0 Å². The Bertz CT molecular complexity index is 2050. The standard InChI is InChI=1S/2C21H24O2S/c1-13(2)20-16-8-9-17(20)21-11-14(10-18(16)21)19(12-21)24(22,23)15-6-4-3-5-7-15;1-13(2)20-16-8-9-17(20)21-12-14(10-18(16)21)11-19(21)24(22,23)15-6-4-3-5-7-15/h2*3-7,10,14,16-17,19H,8-9,11-12H2,1-2H3/t2*14?,16?,17?,19-,21?/m01/s1. The lowest BCUT2D eigenvalue weighted by molar-refractivity contribution is 0.257. The third kappa shape index (κ3) is 3.94. The van der Waals surface area contributed by atoms with Crippen molar-refractivity contribution in [1.29, 1.82) is 0 Å². The van der Waals surface area contributed by atoms with E-state index in [1.165, 1.54) is 42.4 Å². The van der Waals surface area contributed by atoms with Gasteiger partial charge in [-0.25, -0.2) is 16.8 Å². The summed E-state index contributed by atoms with van der Waals surface area (Å²) in [6, 6.07) is 18.2. The molecule has 2 aromatic rings. The summed E-state index contributed by atoms with van der Waals surface area (Å²) in [5, 5.41) is -0.441. The van der Waals surface area contributed by atoms with Crippen molar-refractivity contribution < 1.29 is 16.8 Å². The summed E-state index contributed by atoms with van der Waals surface area (Å²) >= 11 is 0. The molecule has 252 valence electrons. The molecule has 4 nitrogen and oxygen atoms in total. The van der Waals surface area contributed by atoms with Crippen LogP contribution in [0.4, 0.5) is 0 Å². The van der Waals surface area contributed by atoms with Gasteiger partial charge in [-0.1, -0.05) is 82.0 Å². The Kier molecular flexibility index (Phi) is 6.79. The highest BCUT2D eigenvalue weighted by Crippen LogP contribution is 2.75. The first kappa shape index (κ1) is 31.3. The molecular formula is C42H48O4S2. The predicted octanol–water partition coefficient (Wildman–Crippen LogP) is 9.08. The summed E-state index contributed by atoms with van der Waals surface area (Å²) in [7, 11) is -6.50. The maximum absolute atomic E-state index is 13.5. The zero-order chi connectivity index (χ0) is 33.4. The van der Waals surface area contributed by atoms with Crippen molar-refractivity contribution in [2.75, 3.05) is 0 Å². The molecule has 8 unspecified atom stereocenters. The normalized spacial score (nSPS) is 39.2. The van der Waals surface area contributed by atoms with Gasteiger partial charge < -0.3 is 0 Å². The van der Waals surface area contributed by atoms with Crippen LogP contribution in [0.5, 0.6) is 0 Å². The highest BCUT2D eigenvalue weighted by Gasteiger charge is 2.70. The van der Waals surface area contributed by atoms with Gasteiger partial charge in [0.25, 0.3) is 0 Å². The molecule has 0 heterocycles. The minimum absolute atomic E-state index is 0.0884. The van der Waals surface area contributed by atoms with E-state index in [0.717, 1.165) is 25.7 Å². The second-order valence-electron chi connectivity index (χ2n) is 16.7. The number of allylic oxidation sites excluding steroid dienone is 8. The SMILES string of the molecule is CC(C)=C1C2CCC1C13CC(C=C21)C[C@H]3S(=O)(=O)c1ccccc1.CC(C)=C1C2CCC1C13CC(C=C21)[C@@H](S(=O)(=O)c1ccccc1)C3. The van der Waals surface area contributed by atoms with E-state index in [1.807, 2.05) is 36.4 Å². The van der Waals surface area contributed by atoms with Crippen LogP contribution in [0.25, 0.3) is 0 Å². The third-order valence-electron chi connectivity index (χ3n) is 14.4. The Labute approximate surface area is 287 Å². The first-order valence-corrected chi connectivity index (χ1v) is 21.4. The smallest absolute Gasteiger partial charge is 0.182 e. The first-order chi connectivity index (χ1) is 22.9. The van der Waals surface area contributed by atoms with E-state index in [2.05, 4.69) is 39.8 Å². The minimum atomic E-state index is -3.27. The summed E-state index contributed by atoms with van der Waals surface area (Å²) in [4.78, 5) is 1.01. The van der Waals surface area contributed by atoms with Crippen LogP contribution >= 0.6 is 0 Å². The Hall–Kier alpha value is -2.70. The Balaban J connectivity index is 0.000000131. The molecule has 0 aliphatic heterocycles. The average Bonchev–Trinajstić information content (AvgIpc) is 3.94. The number of benzene rings is 2. The highest BCUT2D eigenvalue weighted by atomic mass is 32.2. The molecule has 6 heteroatoms. The minimum Gasteiger partial charge on any atom is -0.223 e. The van der Waals surface area contributed by atoms with E-state index >= 15 is 0 Å². The van der Waals surface area contributed by atoms with Crippen molar-refractivity contribution in [2.45, 2.75) is 99.4 Å². The number of hydrogen-bond donors (Lipinski definition) is 0. The van der Waals surface area contributed by atoms with Crippen molar-refractivity contribution in [3.8, 4) is 0 Å². The molecule has 6 fully saturated rings. The summed E-state index contributed by atoms with van der Waals surface area (Å²) in [6.07, 6.45) is 13.6. The van der Waals surface area contributed by atoms with Crippen LogP contribution in [0, 0.1) is 46.3 Å². The number of hydrogen-bond acceptors (Lipinski definition) is 4. The van der Waals surface area contributed by atoms with Crippen LogP contribution < -0.4 is 0 Å². The van der Waals surface area contributed by atoms with Crippen molar-refractivity contribution in [2.24, 2.45) is 46.3 Å². The van der Waals surface area contributed by atoms with E-state index < -0.39 is 19.7 Å². The number of rotatable bonds is 4. The van der Waals surface area contributed by atoms with Gasteiger partial charge in [-0.15, -0.1) is 0 Å². The Morgan fingerprint density at radius 3 is 1.81 bits per heavy atom. The fourth-order valence-electron chi connectivity index (χ4n) is 13.1. The molecule has 0 saturated heterocycles. The lowest BCUT2D eigenvalue weighted by atomic mass is 9.69. The maximum Gasteiger partial charge on any atom is 0.182 e.